The zero-order chi connectivity index (χ0) is 29.7. The minimum absolute atomic E-state index is 0.370. The highest BCUT2D eigenvalue weighted by molar-refractivity contribution is 5.99. The van der Waals surface area contributed by atoms with E-state index in [2.05, 4.69) is 20.6 Å². The Labute approximate surface area is 245 Å². The van der Waals surface area contributed by atoms with Gasteiger partial charge >= 0.3 is 6.09 Å². The second-order valence-electron chi connectivity index (χ2n) is 10.9. The normalized spacial score (nSPS) is 12.1. The van der Waals surface area contributed by atoms with Crippen molar-refractivity contribution in [1.82, 2.24) is 15.3 Å². The summed E-state index contributed by atoms with van der Waals surface area (Å²) in [6.07, 6.45) is 2.95. The van der Waals surface area contributed by atoms with Gasteiger partial charge in [-0.3, -0.25) is 4.79 Å². The summed E-state index contributed by atoms with van der Waals surface area (Å²) in [4.78, 5) is 34.6. The van der Waals surface area contributed by atoms with Gasteiger partial charge in [-0.1, -0.05) is 72.8 Å². The molecule has 5 rings (SSSR count). The fourth-order valence-corrected chi connectivity index (χ4v) is 5.00. The van der Waals surface area contributed by atoms with Gasteiger partial charge in [0.2, 0.25) is 11.8 Å². The molecule has 2 heterocycles. The number of fused-ring (bicyclic) bond motifs is 1. The van der Waals surface area contributed by atoms with Crippen molar-refractivity contribution in [1.29, 1.82) is 0 Å². The molecular formula is C34H34N4O4. The Morgan fingerprint density at radius 2 is 1.48 bits per heavy atom. The van der Waals surface area contributed by atoms with Crippen LogP contribution in [-0.2, 0) is 9.53 Å². The Hall–Kier alpha value is -5.11. The molecule has 0 bridgehead atoms. The minimum Gasteiger partial charge on any atom is -0.479 e. The summed E-state index contributed by atoms with van der Waals surface area (Å²) in [5.74, 6) is -0.311. The number of nitrogens with zero attached hydrogens (tertiary/aromatic N) is 1. The van der Waals surface area contributed by atoms with Crippen LogP contribution in [0.25, 0.3) is 22.0 Å². The third-order valence-electron chi connectivity index (χ3n) is 6.82. The smallest absolute Gasteiger partial charge is 0.408 e. The van der Waals surface area contributed by atoms with Crippen LogP contribution in [0.2, 0.25) is 0 Å². The first-order valence-corrected chi connectivity index (χ1v) is 13.7. The van der Waals surface area contributed by atoms with Gasteiger partial charge in [-0.05, 0) is 55.7 Å². The molecule has 2 amide bonds. The monoisotopic (exact) mass is 562 g/mol. The summed E-state index contributed by atoms with van der Waals surface area (Å²) in [7, 11) is 1.59. The van der Waals surface area contributed by atoms with Crippen molar-refractivity contribution in [3.05, 3.63) is 115 Å². The zero-order valence-electron chi connectivity index (χ0n) is 24.0. The van der Waals surface area contributed by atoms with Crippen LogP contribution in [0.4, 0.5) is 10.5 Å². The molecule has 0 aliphatic heterocycles. The van der Waals surface area contributed by atoms with Gasteiger partial charge in [0.1, 0.15) is 17.2 Å². The average molecular weight is 563 g/mol. The quantitative estimate of drug-likeness (QED) is 0.191. The highest BCUT2D eigenvalue weighted by atomic mass is 16.6. The highest BCUT2D eigenvalue weighted by Crippen LogP contribution is 2.33. The molecule has 214 valence electrons. The number of methoxy groups -OCH3 is 1. The molecule has 0 spiro atoms. The highest BCUT2D eigenvalue weighted by Gasteiger charge is 2.34. The summed E-state index contributed by atoms with van der Waals surface area (Å²) in [6, 6.07) is 27.9. The lowest BCUT2D eigenvalue weighted by molar-refractivity contribution is -0.118. The molecule has 0 fully saturated rings. The largest absolute Gasteiger partial charge is 0.479 e. The molecule has 3 aromatic carbocycles. The van der Waals surface area contributed by atoms with Gasteiger partial charge in [-0.25, -0.2) is 9.78 Å². The molecule has 0 saturated carbocycles. The van der Waals surface area contributed by atoms with Crippen molar-refractivity contribution in [2.24, 2.45) is 0 Å². The van der Waals surface area contributed by atoms with E-state index in [4.69, 9.17) is 9.47 Å². The molecule has 0 aliphatic rings. The third-order valence-corrected chi connectivity index (χ3v) is 6.82. The Morgan fingerprint density at radius 1 is 0.857 bits per heavy atom. The molecule has 3 N–H and O–H groups in total. The van der Waals surface area contributed by atoms with Crippen LogP contribution in [0, 0.1) is 0 Å². The average Bonchev–Trinajstić information content (AvgIpc) is 3.47. The van der Waals surface area contributed by atoms with Crippen LogP contribution < -0.4 is 15.4 Å². The lowest BCUT2D eigenvalue weighted by Gasteiger charge is -2.29. The van der Waals surface area contributed by atoms with E-state index < -0.39 is 23.7 Å². The first kappa shape index (κ1) is 28.4. The summed E-state index contributed by atoms with van der Waals surface area (Å²) in [5, 5.41) is 6.85. The van der Waals surface area contributed by atoms with Crippen molar-refractivity contribution >= 4 is 28.6 Å². The number of pyridine rings is 1. The first-order valence-electron chi connectivity index (χ1n) is 13.7. The van der Waals surface area contributed by atoms with Crippen molar-refractivity contribution in [2.45, 2.75) is 38.3 Å². The molecule has 42 heavy (non-hydrogen) atoms. The zero-order valence-corrected chi connectivity index (χ0v) is 24.0. The number of benzene rings is 3. The minimum atomic E-state index is -0.963. The lowest BCUT2D eigenvalue weighted by atomic mass is 9.84. The Balaban J connectivity index is 1.45. The van der Waals surface area contributed by atoms with E-state index in [9.17, 15) is 9.59 Å². The number of carbonyl (C=O) groups excluding carboxylic acids is 2. The fourth-order valence-electron chi connectivity index (χ4n) is 5.00. The molecule has 0 radical (unpaired) electrons. The predicted octanol–water partition coefficient (Wildman–Crippen LogP) is 6.90. The molecule has 0 aliphatic carbocycles. The van der Waals surface area contributed by atoms with Gasteiger partial charge < -0.3 is 25.1 Å². The number of hydrogen-bond acceptors (Lipinski definition) is 5. The number of amides is 2. The summed E-state index contributed by atoms with van der Waals surface area (Å²) >= 11 is 0. The molecule has 5 aromatic rings. The summed E-state index contributed by atoms with van der Waals surface area (Å²) < 4.78 is 10.9. The fraction of sp³-hybridized carbons (Fsp3) is 0.206. The van der Waals surface area contributed by atoms with Gasteiger partial charge in [0.15, 0.2) is 0 Å². The van der Waals surface area contributed by atoms with E-state index >= 15 is 0 Å². The number of nitrogens with one attached hydrogen (secondary N) is 3. The van der Waals surface area contributed by atoms with E-state index in [0.29, 0.717) is 11.6 Å². The van der Waals surface area contributed by atoms with Crippen molar-refractivity contribution in [3.8, 4) is 17.0 Å². The Morgan fingerprint density at radius 3 is 2.05 bits per heavy atom. The molecule has 8 heteroatoms. The van der Waals surface area contributed by atoms with Crippen LogP contribution in [0.3, 0.4) is 0 Å². The molecule has 0 saturated heterocycles. The van der Waals surface area contributed by atoms with Gasteiger partial charge in [-0.2, -0.15) is 0 Å². The number of aromatic amines is 1. The summed E-state index contributed by atoms with van der Waals surface area (Å²) in [6.45, 7) is 5.36. The van der Waals surface area contributed by atoms with E-state index in [0.717, 1.165) is 33.2 Å². The van der Waals surface area contributed by atoms with Crippen LogP contribution in [0.1, 0.15) is 37.8 Å². The number of anilines is 1. The van der Waals surface area contributed by atoms with Gasteiger partial charge in [0, 0.05) is 34.9 Å². The van der Waals surface area contributed by atoms with E-state index in [1.54, 1.807) is 34.1 Å². The molecule has 8 nitrogen and oxygen atoms in total. The maximum absolute atomic E-state index is 14.0. The second kappa shape index (κ2) is 12.2. The van der Waals surface area contributed by atoms with Gasteiger partial charge in [-0.15, -0.1) is 0 Å². The number of H-pyrrole nitrogens is 1. The van der Waals surface area contributed by atoms with Crippen LogP contribution in [0.15, 0.2) is 103 Å². The topological polar surface area (TPSA) is 105 Å². The van der Waals surface area contributed by atoms with E-state index in [1.807, 2.05) is 97.2 Å². The Bertz CT molecular complexity index is 1620. The number of carbonyl (C=O) groups is 2. The molecule has 1 atom stereocenters. The van der Waals surface area contributed by atoms with E-state index in [1.165, 1.54) is 0 Å². The van der Waals surface area contributed by atoms with Crippen LogP contribution in [-0.4, -0.2) is 40.7 Å². The summed E-state index contributed by atoms with van der Waals surface area (Å²) in [5.41, 5.74) is 4.32. The third kappa shape index (κ3) is 6.44. The number of aromatic nitrogens is 2. The lowest BCUT2D eigenvalue weighted by Crippen LogP contribution is -2.49. The number of alkyl carbamates (subject to hydrolysis) is 1. The van der Waals surface area contributed by atoms with Crippen molar-refractivity contribution in [2.75, 3.05) is 12.4 Å². The number of ether oxygens (including phenoxy) is 2. The number of hydrogen-bond donors (Lipinski definition) is 3. The molecular weight excluding hydrogens is 528 g/mol. The maximum Gasteiger partial charge on any atom is 0.408 e. The maximum atomic E-state index is 14.0. The first-order chi connectivity index (χ1) is 20.2. The Kier molecular flexibility index (Phi) is 8.24. The SMILES string of the molecule is COc1ncc(-c2ccc(NC(=O)[C@@H](NC(=O)OC(C)(C)C)C(c3ccccc3)c3ccccc3)cc2)c2cc[nH]c12. The second-order valence-corrected chi connectivity index (χ2v) is 10.9. The molecule has 0 unspecified atom stereocenters. The van der Waals surface area contributed by atoms with Crippen LogP contribution >= 0.6 is 0 Å². The molecule has 2 aromatic heterocycles. The number of rotatable bonds is 8. The van der Waals surface area contributed by atoms with Gasteiger partial charge in [0.25, 0.3) is 0 Å². The van der Waals surface area contributed by atoms with Crippen molar-refractivity contribution in [3.63, 3.8) is 0 Å². The van der Waals surface area contributed by atoms with E-state index in [-0.39, 0.29) is 5.91 Å². The standard InChI is InChI=1S/C34H34N4O4/c1-34(2,3)42-33(40)38-30(28(23-11-7-5-8-12-23)24-13-9-6-10-14-24)31(39)37-25-17-15-22(16-18-25)27-21-36-32(41-4)29-26(27)19-20-35-29/h5-21,28,30,35H,1-4H3,(H,37,39)(H,38,40)/t30-/m0/s1. The van der Waals surface area contributed by atoms with Crippen molar-refractivity contribution < 1.29 is 19.1 Å². The predicted molar refractivity (Wildman–Crippen MR) is 165 cm³/mol. The van der Waals surface area contributed by atoms with Crippen LogP contribution in [0.5, 0.6) is 5.88 Å². The van der Waals surface area contributed by atoms with Gasteiger partial charge in [0.05, 0.1) is 7.11 Å².